The van der Waals surface area contributed by atoms with Crippen LogP contribution in [0.3, 0.4) is 0 Å². The van der Waals surface area contributed by atoms with Crippen molar-refractivity contribution >= 4 is 17.3 Å². The molecule has 0 aliphatic heterocycles. The molecular weight excluding hydrogens is 198 g/mol. The molecule has 0 heterocycles. The van der Waals surface area contributed by atoms with E-state index in [1.54, 1.807) is 24.3 Å². The van der Waals surface area contributed by atoms with Crippen LogP contribution in [0.25, 0.3) is 0 Å². The largest absolute Gasteiger partial charge is 0.357 e. The van der Waals surface area contributed by atoms with E-state index < -0.39 is 0 Å². The molecule has 0 aromatic heterocycles. The molecular formula is C11H14ClNO. The summed E-state index contributed by atoms with van der Waals surface area (Å²) < 4.78 is 0. The molecule has 1 aromatic rings. The Balaban J connectivity index is 2.53. The summed E-state index contributed by atoms with van der Waals surface area (Å²) in [5.74, 6) is 0.713. The van der Waals surface area contributed by atoms with Gasteiger partial charge in [0.05, 0.1) is 5.71 Å². The number of hydrogen-bond acceptors (Lipinski definition) is 2. The third-order valence-corrected chi connectivity index (χ3v) is 1.98. The molecule has 0 N–H and O–H groups in total. The maximum atomic E-state index is 5.73. The van der Waals surface area contributed by atoms with Gasteiger partial charge in [0.2, 0.25) is 0 Å². The first-order valence-electron chi connectivity index (χ1n) is 4.68. The molecule has 76 valence electrons. The molecule has 0 amide bonds. The lowest BCUT2D eigenvalue weighted by Crippen LogP contribution is -1.94. The summed E-state index contributed by atoms with van der Waals surface area (Å²) in [4.78, 5) is 5.20. The van der Waals surface area contributed by atoms with Gasteiger partial charge in [0.1, 0.15) is 0 Å². The normalized spacial score (nSPS) is 11.5. The molecule has 0 unspecified atom stereocenters. The van der Waals surface area contributed by atoms with Crippen molar-refractivity contribution in [2.24, 2.45) is 5.16 Å². The van der Waals surface area contributed by atoms with Crippen molar-refractivity contribution in [2.45, 2.75) is 26.7 Å². The number of halogens is 1. The van der Waals surface area contributed by atoms with E-state index in [4.69, 9.17) is 16.4 Å². The monoisotopic (exact) mass is 211 g/mol. The van der Waals surface area contributed by atoms with E-state index in [0.29, 0.717) is 10.8 Å². The first-order chi connectivity index (χ1) is 6.72. The number of oxime groups is 1. The quantitative estimate of drug-likeness (QED) is 0.547. The highest BCUT2D eigenvalue weighted by Crippen LogP contribution is 2.15. The lowest BCUT2D eigenvalue weighted by Gasteiger charge is -2.00. The Bertz CT molecular complexity index is 306. The smallest absolute Gasteiger partial charge is 0.158 e. The Morgan fingerprint density at radius 1 is 1.36 bits per heavy atom. The van der Waals surface area contributed by atoms with E-state index in [1.807, 2.05) is 6.92 Å². The van der Waals surface area contributed by atoms with E-state index >= 15 is 0 Å². The summed E-state index contributed by atoms with van der Waals surface area (Å²) in [7, 11) is 0. The summed E-state index contributed by atoms with van der Waals surface area (Å²) in [6.45, 7) is 4.07. The van der Waals surface area contributed by atoms with Crippen LogP contribution in [0.1, 0.15) is 26.7 Å². The SMILES string of the molecule is CCC/C(C)=N/Oc1ccc(Cl)cc1. The Labute approximate surface area is 89.5 Å². The van der Waals surface area contributed by atoms with Crippen molar-refractivity contribution in [2.75, 3.05) is 0 Å². The Hall–Kier alpha value is -1.02. The van der Waals surface area contributed by atoms with Crippen LogP contribution in [-0.2, 0) is 0 Å². The average molecular weight is 212 g/mol. The molecule has 1 aromatic carbocycles. The predicted octanol–water partition coefficient (Wildman–Crippen LogP) is 3.89. The molecule has 1 rings (SSSR count). The highest BCUT2D eigenvalue weighted by atomic mass is 35.5. The Kier molecular flexibility index (Phi) is 4.47. The number of hydrogen-bond donors (Lipinski definition) is 0. The van der Waals surface area contributed by atoms with Gasteiger partial charge in [-0.15, -0.1) is 0 Å². The van der Waals surface area contributed by atoms with Crippen LogP contribution in [0, 0.1) is 0 Å². The van der Waals surface area contributed by atoms with Crippen LogP contribution in [0.4, 0.5) is 0 Å². The molecule has 0 fully saturated rings. The molecule has 2 nitrogen and oxygen atoms in total. The van der Waals surface area contributed by atoms with Gasteiger partial charge >= 0.3 is 0 Å². The van der Waals surface area contributed by atoms with E-state index in [2.05, 4.69) is 12.1 Å². The van der Waals surface area contributed by atoms with Crippen molar-refractivity contribution in [1.29, 1.82) is 0 Å². The molecule has 0 saturated heterocycles. The third-order valence-electron chi connectivity index (χ3n) is 1.73. The van der Waals surface area contributed by atoms with Crippen LogP contribution in [0.2, 0.25) is 5.02 Å². The summed E-state index contributed by atoms with van der Waals surface area (Å²) in [5, 5.41) is 4.69. The van der Waals surface area contributed by atoms with Crippen molar-refractivity contribution in [3.8, 4) is 5.75 Å². The van der Waals surface area contributed by atoms with Crippen LogP contribution < -0.4 is 4.84 Å². The first kappa shape index (κ1) is 11.1. The third kappa shape index (κ3) is 3.79. The molecule has 0 bridgehead atoms. The maximum absolute atomic E-state index is 5.73. The zero-order valence-corrected chi connectivity index (χ0v) is 9.21. The minimum absolute atomic E-state index is 0.701. The average Bonchev–Trinajstić information content (AvgIpc) is 2.17. The van der Waals surface area contributed by atoms with Crippen molar-refractivity contribution in [3.05, 3.63) is 29.3 Å². The van der Waals surface area contributed by atoms with Crippen molar-refractivity contribution < 1.29 is 4.84 Å². The van der Waals surface area contributed by atoms with Gasteiger partial charge in [0.15, 0.2) is 5.75 Å². The van der Waals surface area contributed by atoms with Crippen LogP contribution in [-0.4, -0.2) is 5.71 Å². The molecule has 0 spiro atoms. The number of rotatable bonds is 4. The topological polar surface area (TPSA) is 21.6 Å². The summed E-state index contributed by atoms with van der Waals surface area (Å²) in [6.07, 6.45) is 2.05. The van der Waals surface area contributed by atoms with Gasteiger partial charge in [0.25, 0.3) is 0 Å². The van der Waals surface area contributed by atoms with E-state index in [0.717, 1.165) is 18.6 Å². The predicted molar refractivity (Wildman–Crippen MR) is 60.1 cm³/mol. The maximum Gasteiger partial charge on any atom is 0.158 e. The van der Waals surface area contributed by atoms with Gasteiger partial charge in [-0.3, -0.25) is 0 Å². The minimum Gasteiger partial charge on any atom is -0.357 e. The molecule has 3 heteroatoms. The molecule has 0 aliphatic rings. The minimum atomic E-state index is 0.701. The molecule has 0 saturated carbocycles. The lowest BCUT2D eigenvalue weighted by atomic mass is 10.2. The zero-order chi connectivity index (χ0) is 10.4. The molecule has 0 aliphatic carbocycles. The second kappa shape index (κ2) is 5.66. The van der Waals surface area contributed by atoms with E-state index in [9.17, 15) is 0 Å². The second-order valence-corrected chi connectivity index (χ2v) is 3.56. The van der Waals surface area contributed by atoms with Crippen LogP contribution in [0.5, 0.6) is 5.75 Å². The zero-order valence-electron chi connectivity index (χ0n) is 8.46. The van der Waals surface area contributed by atoms with Gasteiger partial charge in [0, 0.05) is 5.02 Å². The number of nitrogens with zero attached hydrogens (tertiary/aromatic N) is 1. The van der Waals surface area contributed by atoms with Crippen LogP contribution in [0.15, 0.2) is 29.4 Å². The second-order valence-electron chi connectivity index (χ2n) is 3.12. The van der Waals surface area contributed by atoms with Gasteiger partial charge in [-0.05, 0) is 37.6 Å². The highest BCUT2D eigenvalue weighted by Gasteiger charge is 1.93. The van der Waals surface area contributed by atoms with Crippen molar-refractivity contribution in [3.63, 3.8) is 0 Å². The number of benzene rings is 1. The fraction of sp³-hybridized carbons (Fsp3) is 0.364. The summed E-state index contributed by atoms with van der Waals surface area (Å²) >= 11 is 5.73. The van der Waals surface area contributed by atoms with E-state index in [1.165, 1.54) is 0 Å². The van der Waals surface area contributed by atoms with Crippen molar-refractivity contribution in [1.82, 2.24) is 0 Å². The molecule has 0 radical (unpaired) electrons. The van der Waals surface area contributed by atoms with Gasteiger partial charge in [-0.25, -0.2) is 0 Å². The summed E-state index contributed by atoms with van der Waals surface area (Å²) in [6, 6.07) is 7.15. The molecule has 14 heavy (non-hydrogen) atoms. The van der Waals surface area contributed by atoms with Gasteiger partial charge in [-0.2, -0.15) is 0 Å². The Morgan fingerprint density at radius 2 is 2.00 bits per heavy atom. The fourth-order valence-electron chi connectivity index (χ4n) is 1.03. The molecule has 0 atom stereocenters. The van der Waals surface area contributed by atoms with E-state index in [-0.39, 0.29) is 0 Å². The lowest BCUT2D eigenvalue weighted by molar-refractivity contribution is 0.339. The first-order valence-corrected chi connectivity index (χ1v) is 5.06. The van der Waals surface area contributed by atoms with Crippen LogP contribution >= 0.6 is 11.6 Å². The standard InChI is InChI=1S/C11H14ClNO/c1-3-4-9(2)13-14-11-7-5-10(12)6-8-11/h5-8H,3-4H2,1-2H3/b13-9+. The fourth-order valence-corrected chi connectivity index (χ4v) is 1.16. The van der Waals surface area contributed by atoms with Gasteiger partial charge < -0.3 is 4.84 Å². The Morgan fingerprint density at radius 3 is 2.57 bits per heavy atom. The summed E-state index contributed by atoms with van der Waals surface area (Å²) in [5.41, 5.74) is 1.00. The van der Waals surface area contributed by atoms with Gasteiger partial charge in [-0.1, -0.05) is 30.1 Å². The highest BCUT2D eigenvalue weighted by molar-refractivity contribution is 6.30.